The van der Waals surface area contributed by atoms with E-state index in [1.165, 1.54) is 18.7 Å². The van der Waals surface area contributed by atoms with Crippen LogP contribution in [0.15, 0.2) is 42.6 Å². The highest BCUT2D eigenvalue weighted by molar-refractivity contribution is 5.93. The summed E-state index contributed by atoms with van der Waals surface area (Å²) in [7, 11) is 0. The van der Waals surface area contributed by atoms with Crippen molar-refractivity contribution in [3.63, 3.8) is 0 Å². The van der Waals surface area contributed by atoms with E-state index in [1.807, 2.05) is 24.3 Å². The van der Waals surface area contributed by atoms with Crippen LogP contribution in [0.4, 0.5) is 5.69 Å². The molecule has 0 unspecified atom stereocenters. The normalized spacial score (nSPS) is 19.8. The molecule has 1 N–H and O–H groups in total. The zero-order valence-electron chi connectivity index (χ0n) is 13.9. The van der Waals surface area contributed by atoms with Crippen molar-refractivity contribution in [2.24, 2.45) is 5.92 Å². The van der Waals surface area contributed by atoms with Crippen LogP contribution in [0.3, 0.4) is 0 Å². The lowest BCUT2D eigenvalue weighted by Gasteiger charge is -2.17. The fraction of sp³-hybridized carbons (Fsp3) is 0.400. The molecule has 4 nitrogen and oxygen atoms in total. The van der Waals surface area contributed by atoms with Crippen LogP contribution < -0.4 is 5.32 Å². The lowest BCUT2D eigenvalue weighted by Crippen LogP contribution is -2.23. The van der Waals surface area contributed by atoms with Crippen LogP contribution in [0.2, 0.25) is 0 Å². The number of allylic oxidation sites excluding steroid dienone is 2. The lowest BCUT2D eigenvalue weighted by atomic mass is 9.93. The van der Waals surface area contributed by atoms with Crippen molar-refractivity contribution in [3.05, 3.63) is 48.4 Å². The van der Waals surface area contributed by atoms with E-state index in [9.17, 15) is 4.79 Å². The minimum Gasteiger partial charge on any atom is -0.334 e. The molecule has 0 radical (unpaired) electrons. The first kappa shape index (κ1) is 15.2. The van der Waals surface area contributed by atoms with E-state index in [1.54, 1.807) is 0 Å². The first-order valence-electron chi connectivity index (χ1n) is 8.92. The molecule has 1 aliphatic heterocycles. The molecule has 0 spiro atoms. The second kappa shape index (κ2) is 6.63. The van der Waals surface area contributed by atoms with Gasteiger partial charge in [-0.3, -0.25) is 4.79 Å². The quantitative estimate of drug-likeness (QED) is 0.862. The van der Waals surface area contributed by atoms with E-state index >= 15 is 0 Å². The number of aryl methyl sites for hydroxylation is 2. The Morgan fingerprint density at radius 3 is 2.79 bits per heavy atom. The first-order chi connectivity index (χ1) is 11.8. The fourth-order valence-electron chi connectivity index (χ4n) is 3.55. The zero-order valence-corrected chi connectivity index (χ0v) is 13.9. The van der Waals surface area contributed by atoms with Crippen LogP contribution in [-0.2, 0) is 17.8 Å². The van der Waals surface area contributed by atoms with E-state index in [-0.39, 0.29) is 11.8 Å². The Morgan fingerprint density at radius 1 is 1.17 bits per heavy atom. The van der Waals surface area contributed by atoms with Gasteiger partial charge in [-0.2, -0.15) is 0 Å². The molecule has 0 saturated heterocycles. The molecule has 0 saturated carbocycles. The van der Waals surface area contributed by atoms with Crippen LogP contribution in [0, 0.1) is 5.92 Å². The number of aromatic nitrogens is 2. The first-order valence-corrected chi connectivity index (χ1v) is 8.92. The number of imidazole rings is 1. The molecular weight excluding hydrogens is 298 g/mol. The Morgan fingerprint density at radius 2 is 2.04 bits per heavy atom. The number of fused-ring (bicyclic) bond motifs is 1. The number of amides is 1. The van der Waals surface area contributed by atoms with Crippen LogP contribution in [0.5, 0.6) is 0 Å². The summed E-state index contributed by atoms with van der Waals surface area (Å²) in [4.78, 5) is 17.0. The average Bonchev–Trinajstić information content (AvgIpc) is 3.07. The maximum atomic E-state index is 12.3. The average molecular weight is 321 g/mol. The van der Waals surface area contributed by atoms with Gasteiger partial charge in [0.2, 0.25) is 5.91 Å². The molecule has 124 valence electrons. The molecule has 4 heteroatoms. The second-order valence-corrected chi connectivity index (χ2v) is 6.74. The summed E-state index contributed by atoms with van der Waals surface area (Å²) in [6.07, 6.45) is 12.8. The maximum absolute atomic E-state index is 12.3. The van der Waals surface area contributed by atoms with Gasteiger partial charge in [0, 0.05) is 36.3 Å². The number of rotatable bonds is 3. The molecule has 2 heterocycles. The number of hydrogen-bond donors (Lipinski definition) is 1. The number of benzene rings is 1. The topological polar surface area (TPSA) is 46.9 Å². The maximum Gasteiger partial charge on any atom is 0.227 e. The lowest BCUT2D eigenvalue weighted by molar-refractivity contribution is -0.120. The third-order valence-electron chi connectivity index (χ3n) is 5.00. The summed E-state index contributed by atoms with van der Waals surface area (Å²) in [6, 6.07) is 8.05. The van der Waals surface area contributed by atoms with Crippen LogP contribution in [0.25, 0.3) is 11.3 Å². The van der Waals surface area contributed by atoms with Gasteiger partial charge in [-0.1, -0.05) is 24.3 Å². The van der Waals surface area contributed by atoms with Gasteiger partial charge in [0.25, 0.3) is 0 Å². The van der Waals surface area contributed by atoms with Crippen LogP contribution in [-0.4, -0.2) is 15.5 Å². The molecule has 2 aliphatic rings. The summed E-state index contributed by atoms with van der Waals surface area (Å²) in [6.45, 7) is 1.08. The van der Waals surface area contributed by atoms with Gasteiger partial charge >= 0.3 is 0 Å². The Bertz CT molecular complexity index is 734. The zero-order chi connectivity index (χ0) is 16.4. The van der Waals surface area contributed by atoms with Crippen molar-refractivity contribution in [3.8, 4) is 11.3 Å². The van der Waals surface area contributed by atoms with Gasteiger partial charge < -0.3 is 9.88 Å². The Balaban J connectivity index is 1.45. The molecule has 1 aromatic carbocycles. The van der Waals surface area contributed by atoms with Gasteiger partial charge in [-0.05, 0) is 44.2 Å². The van der Waals surface area contributed by atoms with Crippen molar-refractivity contribution in [2.45, 2.75) is 45.1 Å². The molecule has 0 bridgehead atoms. The van der Waals surface area contributed by atoms with Crippen molar-refractivity contribution in [1.82, 2.24) is 9.55 Å². The molecule has 1 atom stereocenters. The minimum atomic E-state index is 0.106. The summed E-state index contributed by atoms with van der Waals surface area (Å²) in [5, 5.41) is 3.04. The number of nitrogens with one attached hydrogen (secondary N) is 1. The molecule has 2 aromatic rings. The van der Waals surface area contributed by atoms with Crippen molar-refractivity contribution in [1.29, 1.82) is 0 Å². The number of hydrogen-bond acceptors (Lipinski definition) is 2. The van der Waals surface area contributed by atoms with E-state index in [0.717, 1.165) is 49.2 Å². The number of carbonyl (C=O) groups excluding carboxylic acids is 1. The molecular formula is C20H23N3O. The number of carbonyl (C=O) groups is 1. The summed E-state index contributed by atoms with van der Waals surface area (Å²) < 4.78 is 2.27. The monoisotopic (exact) mass is 321 g/mol. The predicted octanol–water partition coefficient (Wildman–Crippen LogP) is 4.18. The van der Waals surface area contributed by atoms with E-state index in [0.29, 0.717) is 0 Å². The Kier molecular flexibility index (Phi) is 4.20. The Hall–Kier alpha value is -2.36. The highest BCUT2D eigenvalue weighted by Gasteiger charge is 2.19. The molecule has 1 amide bonds. The SMILES string of the molecule is O=C(Nc1ccc(-c2cn3c(n2)CCCC3)cc1)[C@@H]1CC=CCC1. The molecule has 24 heavy (non-hydrogen) atoms. The van der Waals surface area contributed by atoms with E-state index < -0.39 is 0 Å². The smallest absolute Gasteiger partial charge is 0.227 e. The van der Waals surface area contributed by atoms with Crippen LogP contribution in [0.1, 0.15) is 37.9 Å². The number of anilines is 1. The highest BCUT2D eigenvalue weighted by Crippen LogP contribution is 2.25. The predicted molar refractivity (Wildman–Crippen MR) is 95.7 cm³/mol. The van der Waals surface area contributed by atoms with Gasteiger partial charge in [0.15, 0.2) is 0 Å². The summed E-state index contributed by atoms with van der Waals surface area (Å²) in [5.74, 6) is 1.43. The summed E-state index contributed by atoms with van der Waals surface area (Å²) in [5.41, 5.74) is 3.00. The van der Waals surface area contributed by atoms with Crippen molar-refractivity contribution in [2.75, 3.05) is 5.32 Å². The van der Waals surface area contributed by atoms with E-state index in [2.05, 4.69) is 28.2 Å². The third kappa shape index (κ3) is 3.14. The third-order valence-corrected chi connectivity index (χ3v) is 5.00. The standard InChI is InChI=1S/C20H23N3O/c24-20(16-6-2-1-3-7-16)21-17-11-9-15(10-12-17)18-14-23-13-5-4-8-19(23)22-18/h1-2,9-12,14,16H,3-8,13H2,(H,21,24)/t16-/m1/s1. The summed E-state index contributed by atoms with van der Waals surface area (Å²) >= 11 is 0. The van der Waals surface area contributed by atoms with E-state index in [4.69, 9.17) is 4.98 Å². The largest absolute Gasteiger partial charge is 0.334 e. The van der Waals surface area contributed by atoms with Gasteiger partial charge in [0.05, 0.1) is 5.69 Å². The van der Waals surface area contributed by atoms with Crippen molar-refractivity contribution >= 4 is 11.6 Å². The van der Waals surface area contributed by atoms with Crippen molar-refractivity contribution < 1.29 is 4.79 Å². The molecule has 4 rings (SSSR count). The fourth-order valence-corrected chi connectivity index (χ4v) is 3.55. The minimum absolute atomic E-state index is 0.106. The van der Waals surface area contributed by atoms with Gasteiger partial charge in [0.1, 0.15) is 5.82 Å². The van der Waals surface area contributed by atoms with Crippen LogP contribution >= 0.6 is 0 Å². The molecule has 1 aromatic heterocycles. The molecule has 1 aliphatic carbocycles. The highest BCUT2D eigenvalue weighted by atomic mass is 16.1. The molecule has 0 fully saturated rings. The van der Waals surface area contributed by atoms with Gasteiger partial charge in [-0.15, -0.1) is 0 Å². The Labute approximate surface area is 142 Å². The second-order valence-electron chi connectivity index (χ2n) is 6.74. The number of nitrogens with zero attached hydrogens (tertiary/aromatic N) is 2. The van der Waals surface area contributed by atoms with Gasteiger partial charge in [-0.25, -0.2) is 4.98 Å².